The normalized spacial score (nSPS) is 14.5. The number of sulfonamides is 1. The predicted molar refractivity (Wildman–Crippen MR) is 75.9 cm³/mol. The number of aromatic amines is 1. The molecule has 0 saturated heterocycles. The first kappa shape index (κ1) is 14.0. The van der Waals surface area contributed by atoms with Gasteiger partial charge in [0, 0.05) is 24.3 Å². The van der Waals surface area contributed by atoms with E-state index in [1.54, 1.807) is 13.0 Å². The first-order valence-electron chi connectivity index (χ1n) is 6.50. The van der Waals surface area contributed by atoms with Gasteiger partial charge in [0.2, 0.25) is 5.03 Å². The van der Waals surface area contributed by atoms with E-state index in [1.807, 2.05) is 0 Å². The standard InChI is InChI=1S/C13H15FN4O2S/c1-8-11(7-15)13(17-16-8)21(19,20)18-5-4-9-2-3-10(14)6-12(9)18/h2-3,6H,4-5,7,15H2,1H3,(H,16,17). The predicted octanol–water partition coefficient (Wildman–Crippen LogP) is 1.07. The van der Waals surface area contributed by atoms with Crippen LogP contribution in [0.1, 0.15) is 16.8 Å². The summed E-state index contributed by atoms with van der Waals surface area (Å²) in [5.74, 6) is -0.465. The number of nitrogens with one attached hydrogen (secondary N) is 1. The Kier molecular flexibility index (Phi) is 3.22. The summed E-state index contributed by atoms with van der Waals surface area (Å²) in [5, 5.41) is 6.43. The average molecular weight is 310 g/mol. The van der Waals surface area contributed by atoms with Gasteiger partial charge >= 0.3 is 0 Å². The molecule has 0 bridgehead atoms. The molecule has 3 N–H and O–H groups in total. The van der Waals surface area contributed by atoms with Crippen LogP contribution < -0.4 is 10.0 Å². The summed E-state index contributed by atoms with van der Waals surface area (Å²) in [6, 6.07) is 4.18. The van der Waals surface area contributed by atoms with Crippen LogP contribution in [-0.4, -0.2) is 25.2 Å². The highest BCUT2D eigenvalue weighted by atomic mass is 32.2. The summed E-state index contributed by atoms with van der Waals surface area (Å²) in [6.45, 7) is 2.06. The fraction of sp³-hybridized carbons (Fsp3) is 0.308. The third kappa shape index (κ3) is 2.11. The average Bonchev–Trinajstić information content (AvgIpc) is 3.01. The molecule has 0 aliphatic carbocycles. The van der Waals surface area contributed by atoms with Gasteiger partial charge in [0.25, 0.3) is 10.0 Å². The van der Waals surface area contributed by atoms with Crippen LogP contribution in [0.3, 0.4) is 0 Å². The lowest BCUT2D eigenvalue weighted by molar-refractivity contribution is 0.586. The van der Waals surface area contributed by atoms with Crippen LogP contribution in [0.5, 0.6) is 0 Å². The number of hydrogen-bond acceptors (Lipinski definition) is 4. The molecular weight excluding hydrogens is 295 g/mol. The third-order valence-electron chi connectivity index (χ3n) is 3.67. The van der Waals surface area contributed by atoms with Gasteiger partial charge < -0.3 is 5.73 Å². The van der Waals surface area contributed by atoms with Crippen molar-refractivity contribution in [1.82, 2.24) is 10.2 Å². The van der Waals surface area contributed by atoms with E-state index in [4.69, 9.17) is 5.73 Å². The van der Waals surface area contributed by atoms with Crippen LogP contribution in [0, 0.1) is 12.7 Å². The Morgan fingerprint density at radius 1 is 1.48 bits per heavy atom. The second kappa shape index (κ2) is 4.81. The molecule has 2 heterocycles. The number of anilines is 1. The molecule has 2 aromatic rings. The van der Waals surface area contributed by atoms with Gasteiger partial charge in [-0.25, -0.2) is 4.39 Å². The molecule has 1 aromatic heterocycles. The van der Waals surface area contributed by atoms with Gasteiger partial charge in [-0.3, -0.25) is 9.40 Å². The Hall–Kier alpha value is -1.93. The maximum Gasteiger partial charge on any atom is 0.284 e. The number of rotatable bonds is 3. The topological polar surface area (TPSA) is 92.1 Å². The van der Waals surface area contributed by atoms with E-state index in [0.29, 0.717) is 23.4 Å². The lowest BCUT2D eigenvalue weighted by Crippen LogP contribution is -2.30. The maximum absolute atomic E-state index is 13.4. The smallest absolute Gasteiger partial charge is 0.284 e. The molecule has 6 nitrogen and oxygen atoms in total. The molecule has 1 aromatic carbocycles. The summed E-state index contributed by atoms with van der Waals surface area (Å²) in [5.41, 5.74) is 7.87. The molecule has 0 saturated carbocycles. The maximum atomic E-state index is 13.4. The van der Waals surface area contributed by atoms with Gasteiger partial charge in [0.05, 0.1) is 5.69 Å². The Morgan fingerprint density at radius 2 is 2.24 bits per heavy atom. The van der Waals surface area contributed by atoms with Gasteiger partial charge in [-0.2, -0.15) is 13.5 Å². The highest BCUT2D eigenvalue weighted by Crippen LogP contribution is 2.34. The number of halogens is 1. The molecule has 0 unspecified atom stereocenters. The lowest BCUT2D eigenvalue weighted by Gasteiger charge is -2.18. The molecular formula is C13H15FN4O2S. The van der Waals surface area contributed by atoms with Crippen LogP contribution in [0.25, 0.3) is 0 Å². The lowest BCUT2D eigenvalue weighted by atomic mass is 10.2. The molecule has 0 radical (unpaired) electrons. The summed E-state index contributed by atoms with van der Waals surface area (Å²) >= 11 is 0. The zero-order chi connectivity index (χ0) is 15.2. The highest BCUT2D eigenvalue weighted by Gasteiger charge is 2.34. The third-order valence-corrected chi connectivity index (χ3v) is 5.46. The number of hydrogen-bond donors (Lipinski definition) is 2. The fourth-order valence-corrected chi connectivity index (χ4v) is 4.24. The first-order chi connectivity index (χ1) is 9.95. The molecule has 0 atom stereocenters. The molecule has 21 heavy (non-hydrogen) atoms. The van der Waals surface area contributed by atoms with Crippen LogP contribution in [0.2, 0.25) is 0 Å². The first-order valence-corrected chi connectivity index (χ1v) is 7.94. The van der Waals surface area contributed by atoms with Crippen molar-refractivity contribution in [2.45, 2.75) is 24.9 Å². The quantitative estimate of drug-likeness (QED) is 0.887. The van der Waals surface area contributed by atoms with Crippen molar-refractivity contribution in [2.75, 3.05) is 10.8 Å². The molecule has 0 amide bonds. The second-order valence-electron chi connectivity index (χ2n) is 4.94. The Balaban J connectivity index is 2.11. The molecule has 1 aliphatic rings. The number of H-pyrrole nitrogens is 1. The number of benzene rings is 1. The van der Waals surface area contributed by atoms with Gasteiger partial charge in [-0.15, -0.1) is 0 Å². The van der Waals surface area contributed by atoms with Gasteiger partial charge in [0.1, 0.15) is 5.82 Å². The van der Waals surface area contributed by atoms with Crippen molar-refractivity contribution in [2.24, 2.45) is 5.73 Å². The van der Waals surface area contributed by atoms with Gasteiger partial charge in [-0.1, -0.05) is 6.07 Å². The number of aryl methyl sites for hydroxylation is 1. The number of fused-ring (bicyclic) bond motifs is 1. The summed E-state index contributed by atoms with van der Waals surface area (Å²) in [7, 11) is -3.85. The summed E-state index contributed by atoms with van der Waals surface area (Å²) in [4.78, 5) is 0. The van der Waals surface area contributed by atoms with Crippen LogP contribution in [0.15, 0.2) is 23.2 Å². The van der Waals surface area contributed by atoms with E-state index in [1.165, 1.54) is 16.4 Å². The van der Waals surface area contributed by atoms with E-state index in [0.717, 1.165) is 5.56 Å². The van der Waals surface area contributed by atoms with E-state index < -0.39 is 15.8 Å². The molecule has 0 spiro atoms. The number of nitrogens with two attached hydrogens (primary N) is 1. The van der Waals surface area contributed by atoms with E-state index >= 15 is 0 Å². The van der Waals surface area contributed by atoms with Gasteiger partial charge in [0.15, 0.2) is 0 Å². The Labute approximate surface area is 121 Å². The molecule has 112 valence electrons. The van der Waals surface area contributed by atoms with Crippen LogP contribution >= 0.6 is 0 Å². The van der Waals surface area contributed by atoms with Crippen molar-refractivity contribution >= 4 is 15.7 Å². The van der Waals surface area contributed by atoms with Crippen molar-refractivity contribution < 1.29 is 12.8 Å². The minimum atomic E-state index is -3.85. The van der Waals surface area contributed by atoms with Crippen LogP contribution in [0.4, 0.5) is 10.1 Å². The van der Waals surface area contributed by atoms with Crippen molar-refractivity contribution in [1.29, 1.82) is 0 Å². The molecule has 3 rings (SSSR count). The zero-order valence-electron chi connectivity index (χ0n) is 11.4. The largest absolute Gasteiger partial charge is 0.326 e. The van der Waals surface area contributed by atoms with Crippen molar-refractivity contribution in [3.63, 3.8) is 0 Å². The van der Waals surface area contributed by atoms with Crippen molar-refractivity contribution in [3.05, 3.63) is 40.8 Å². The summed E-state index contributed by atoms with van der Waals surface area (Å²) in [6.07, 6.45) is 0.552. The number of nitrogens with zero attached hydrogens (tertiary/aromatic N) is 2. The van der Waals surface area contributed by atoms with Crippen molar-refractivity contribution in [3.8, 4) is 0 Å². The molecule has 1 aliphatic heterocycles. The van der Waals surface area contributed by atoms with E-state index in [2.05, 4.69) is 10.2 Å². The Morgan fingerprint density at radius 3 is 2.95 bits per heavy atom. The Bertz CT molecular complexity index is 800. The summed E-state index contributed by atoms with van der Waals surface area (Å²) < 4.78 is 40.1. The molecule has 0 fully saturated rings. The monoisotopic (exact) mass is 310 g/mol. The molecule has 8 heteroatoms. The zero-order valence-corrected chi connectivity index (χ0v) is 12.2. The minimum Gasteiger partial charge on any atom is -0.326 e. The minimum absolute atomic E-state index is 0.0702. The van der Waals surface area contributed by atoms with E-state index in [-0.39, 0.29) is 18.1 Å². The highest BCUT2D eigenvalue weighted by molar-refractivity contribution is 7.92. The van der Waals surface area contributed by atoms with Gasteiger partial charge in [-0.05, 0) is 31.0 Å². The van der Waals surface area contributed by atoms with Crippen LogP contribution in [-0.2, 0) is 23.0 Å². The SMILES string of the molecule is Cc1[nH]nc(S(=O)(=O)N2CCc3ccc(F)cc32)c1CN. The fourth-order valence-electron chi connectivity index (χ4n) is 2.56. The number of aromatic nitrogens is 2. The van der Waals surface area contributed by atoms with E-state index in [9.17, 15) is 12.8 Å². The second-order valence-corrected chi connectivity index (χ2v) is 6.71.